The average Bonchev–Trinajstić information content (AvgIpc) is 2.64. The van der Waals surface area contributed by atoms with Crippen LogP contribution in [0.4, 0.5) is 5.69 Å². The Kier molecular flexibility index (Phi) is 6.93. The molecule has 0 spiro atoms. The minimum Gasteiger partial charge on any atom is -0.495 e. The summed E-state index contributed by atoms with van der Waals surface area (Å²) in [5.74, 6) is -0.934. The van der Waals surface area contributed by atoms with Crippen molar-refractivity contribution >= 4 is 27.5 Å². The van der Waals surface area contributed by atoms with Gasteiger partial charge in [0.2, 0.25) is 15.9 Å². The van der Waals surface area contributed by atoms with E-state index in [0.29, 0.717) is 5.69 Å². The van der Waals surface area contributed by atoms with Gasteiger partial charge in [0, 0.05) is 17.3 Å². The van der Waals surface area contributed by atoms with E-state index in [0.717, 1.165) is 0 Å². The summed E-state index contributed by atoms with van der Waals surface area (Å²) in [6.45, 7) is 4.82. The van der Waals surface area contributed by atoms with E-state index in [9.17, 15) is 18.0 Å². The molecule has 3 N–H and O–H groups in total. The molecule has 0 aliphatic heterocycles. The number of benzene rings is 1. The molecule has 1 aromatic heterocycles. The fourth-order valence-electron chi connectivity index (χ4n) is 2.39. The van der Waals surface area contributed by atoms with Crippen molar-refractivity contribution in [3.63, 3.8) is 0 Å². The Labute approximate surface area is 169 Å². The molecule has 1 heterocycles. The molecule has 156 valence electrons. The summed E-state index contributed by atoms with van der Waals surface area (Å²) < 4.78 is 33.0. The molecule has 0 atom stereocenters. The van der Waals surface area contributed by atoms with Crippen LogP contribution in [-0.2, 0) is 14.8 Å². The van der Waals surface area contributed by atoms with Crippen LogP contribution in [0.25, 0.3) is 0 Å². The monoisotopic (exact) mass is 420 g/mol. The summed E-state index contributed by atoms with van der Waals surface area (Å²) in [7, 11) is -2.59. The quantitative estimate of drug-likeness (QED) is 0.624. The highest BCUT2D eigenvalue weighted by atomic mass is 32.2. The number of hydrogen-bond donors (Lipinski definition) is 3. The lowest BCUT2D eigenvalue weighted by atomic mass is 10.1. The summed E-state index contributed by atoms with van der Waals surface area (Å²) in [5, 5.41) is 5.04. The number of methoxy groups -OCH3 is 1. The third kappa shape index (κ3) is 6.54. The van der Waals surface area contributed by atoms with Gasteiger partial charge in [-0.15, -0.1) is 0 Å². The number of ether oxygens (including phenoxy) is 1. The predicted octanol–water partition coefficient (Wildman–Crippen LogP) is 1.54. The molecule has 0 bridgehead atoms. The Balaban J connectivity index is 2.14. The molecule has 10 heteroatoms. The van der Waals surface area contributed by atoms with Crippen molar-refractivity contribution < 1.29 is 22.7 Å². The van der Waals surface area contributed by atoms with Gasteiger partial charge in [0.05, 0.1) is 25.5 Å². The maximum Gasteiger partial charge on any atom is 0.251 e. The van der Waals surface area contributed by atoms with E-state index < -0.39 is 27.4 Å². The highest BCUT2D eigenvalue weighted by Gasteiger charge is 2.26. The van der Waals surface area contributed by atoms with Crippen LogP contribution in [-0.4, -0.2) is 44.4 Å². The van der Waals surface area contributed by atoms with Gasteiger partial charge < -0.3 is 15.4 Å². The van der Waals surface area contributed by atoms with Gasteiger partial charge in [-0.3, -0.25) is 14.6 Å². The fraction of sp³-hybridized carbons (Fsp3) is 0.316. The molecule has 2 amide bonds. The predicted molar refractivity (Wildman–Crippen MR) is 108 cm³/mol. The molecule has 0 unspecified atom stereocenters. The van der Waals surface area contributed by atoms with Gasteiger partial charge in [-0.1, -0.05) is 0 Å². The zero-order valence-electron chi connectivity index (χ0n) is 16.6. The van der Waals surface area contributed by atoms with Crippen LogP contribution in [0.2, 0.25) is 0 Å². The molecular weight excluding hydrogens is 396 g/mol. The lowest BCUT2D eigenvalue weighted by Gasteiger charge is -2.21. The molecule has 29 heavy (non-hydrogen) atoms. The first kappa shape index (κ1) is 22.3. The van der Waals surface area contributed by atoms with Crippen molar-refractivity contribution in [3.05, 3.63) is 48.3 Å². The van der Waals surface area contributed by atoms with Crippen LogP contribution in [0, 0.1) is 0 Å². The Morgan fingerprint density at radius 3 is 2.48 bits per heavy atom. The van der Waals surface area contributed by atoms with Gasteiger partial charge in [0.1, 0.15) is 10.6 Å². The number of sulfonamides is 1. The number of nitrogens with zero attached hydrogens (tertiary/aromatic N) is 1. The lowest BCUT2D eigenvalue weighted by molar-refractivity contribution is -0.115. The summed E-state index contributed by atoms with van der Waals surface area (Å²) in [4.78, 5) is 28.1. The van der Waals surface area contributed by atoms with Crippen molar-refractivity contribution in [2.75, 3.05) is 19.0 Å². The third-order valence-electron chi connectivity index (χ3n) is 3.51. The van der Waals surface area contributed by atoms with Crippen LogP contribution in [0.15, 0.2) is 47.6 Å². The smallest absolute Gasteiger partial charge is 0.251 e. The van der Waals surface area contributed by atoms with Crippen LogP contribution in [0.3, 0.4) is 0 Å². The first-order valence-electron chi connectivity index (χ1n) is 8.72. The van der Waals surface area contributed by atoms with Crippen LogP contribution >= 0.6 is 0 Å². The first-order chi connectivity index (χ1) is 13.5. The van der Waals surface area contributed by atoms with Gasteiger partial charge in [-0.2, -0.15) is 0 Å². The average molecular weight is 420 g/mol. The van der Waals surface area contributed by atoms with E-state index >= 15 is 0 Å². The molecule has 0 saturated carbocycles. The van der Waals surface area contributed by atoms with Crippen molar-refractivity contribution in [1.29, 1.82) is 0 Å². The number of rotatable bonds is 7. The zero-order chi connectivity index (χ0) is 21.7. The van der Waals surface area contributed by atoms with E-state index in [2.05, 4.69) is 20.3 Å². The second-order valence-corrected chi connectivity index (χ2v) is 8.84. The number of hydrogen-bond acceptors (Lipinski definition) is 6. The summed E-state index contributed by atoms with van der Waals surface area (Å²) in [6.07, 6.45) is 3.05. The maximum atomic E-state index is 12.7. The largest absolute Gasteiger partial charge is 0.495 e. The van der Waals surface area contributed by atoms with Gasteiger partial charge >= 0.3 is 0 Å². The number of anilines is 1. The van der Waals surface area contributed by atoms with Gasteiger partial charge in [0.25, 0.3) is 5.91 Å². The number of carbonyl (C=O) groups is 2. The Morgan fingerprint density at radius 1 is 1.17 bits per heavy atom. The standard InChI is InChI=1S/C19H24N4O5S/c1-19(2,3)23-29(26,27)16-10-13(7-8-15(16)28-4)18(25)21-12-17(24)22-14-6-5-9-20-11-14/h5-11,23H,12H2,1-4H3,(H,21,25)(H,22,24). The number of carbonyl (C=O) groups excluding carboxylic acids is 2. The van der Waals surface area contributed by atoms with Gasteiger partial charge in [-0.25, -0.2) is 13.1 Å². The second kappa shape index (κ2) is 9.01. The van der Waals surface area contributed by atoms with E-state index in [1.165, 1.54) is 31.5 Å². The lowest BCUT2D eigenvalue weighted by Crippen LogP contribution is -2.40. The highest BCUT2D eigenvalue weighted by Crippen LogP contribution is 2.26. The summed E-state index contributed by atoms with van der Waals surface area (Å²) >= 11 is 0. The highest BCUT2D eigenvalue weighted by molar-refractivity contribution is 7.89. The minimum absolute atomic E-state index is 0.0780. The molecule has 0 radical (unpaired) electrons. The van der Waals surface area contributed by atoms with Crippen LogP contribution < -0.4 is 20.1 Å². The van der Waals surface area contributed by atoms with E-state index in [-0.39, 0.29) is 22.8 Å². The second-order valence-electron chi connectivity index (χ2n) is 7.19. The van der Waals surface area contributed by atoms with Crippen LogP contribution in [0.1, 0.15) is 31.1 Å². The van der Waals surface area contributed by atoms with E-state index in [1.54, 1.807) is 39.1 Å². The summed E-state index contributed by atoms with van der Waals surface area (Å²) in [6, 6.07) is 7.35. The Morgan fingerprint density at radius 2 is 1.90 bits per heavy atom. The molecule has 1 aromatic carbocycles. The maximum absolute atomic E-state index is 12.7. The Bertz CT molecular complexity index is 985. The number of amides is 2. The molecule has 0 saturated heterocycles. The molecule has 2 aromatic rings. The first-order valence-corrected chi connectivity index (χ1v) is 10.2. The number of aromatic nitrogens is 1. The fourth-order valence-corrected chi connectivity index (χ4v) is 4.01. The molecule has 0 aliphatic rings. The van der Waals surface area contributed by atoms with Crippen molar-refractivity contribution in [2.45, 2.75) is 31.2 Å². The van der Waals surface area contributed by atoms with Crippen molar-refractivity contribution in [3.8, 4) is 5.75 Å². The normalized spacial score (nSPS) is 11.6. The topological polar surface area (TPSA) is 126 Å². The minimum atomic E-state index is -3.93. The molecular formula is C19H24N4O5S. The van der Waals surface area contributed by atoms with Gasteiger partial charge in [0.15, 0.2) is 0 Å². The molecule has 0 aliphatic carbocycles. The number of pyridine rings is 1. The van der Waals surface area contributed by atoms with E-state index in [1.807, 2.05) is 0 Å². The Hall–Kier alpha value is -2.98. The summed E-state index contributed by atoms with van der Waals surface area (Å²) in [5.41, 5.74) is -0.140. The zero-order valence-corrected chi connectivity index (χ0v) is 17.5. The third-order valence-corrected chi connectivity index (χ3v) is 5.29. The van der Waals surface area contributed by atoms with Crippen LogP contribution in [0.5, 0.6) is 5.75 Å². The van der Waals surface area contributed by atoms with E-state index in [4.69, 9.17) is 4.74 Å². The number of nitrogens with one attached hydrogen (secondary N) is 3. The van der Waals surface area contributed by atoms with Crippen molar-refractivity contribution in [1.82, 2.24) is 15.0 Å². The van der Waals surface area contributed by atoms with Crippen molar-refractivity contribution in [2.24, 2.45) is 0 Å². The molecule has 9 nitrogen and oxygen atoms in total. The molecule has 2 rings (SSSR count). The van der Waals surface area contributed by atoms with Gasteiger partial charge in [-0.05, 0) is 51.1 Å². The SMILES string of the molecule is COc1ccc(C(=O)NCC(=O)Nc2cccnc2)cc1S(=O)(=O)NC(C)(C)C. The molecule has 0 fully saturated rings.